The van der Waals surface area contributed by atoms with Crippen molar-refractivity contribution in [2.24, 2.45) is 0 Å². The van der Waals surface area contributed by atoms with Gasteiger partial charge in [0.2, 0.25) is 0 Å². The molecule has 2 nitrogen and oxygen atoms in total. The van der Waals surface area contributed by atoms with Crippen LogP contribution in [0, 0.1) is 0 Å². The Morgan fingerprint density at radius 1 is 0.342 bits per heavy atom. The molecule has 1 aliphatic carbocycles. The third-order valence-corrected chi connectivity index (χ3v) is 8.24. The van der Waals surface area contributed by atoms with E-state index in [-0.39, 0.29) is 0 Å². The summed E-state index contributed by atoms with van der Waals surface area (Å²) in [6.45, 7) is 0. The van der Waals surface area contributed by atoms with Gasteiger partial charge in [-0.05, 0) is 66.3 Å². The molecule has 0 N–H and O–H groups in total. The lowest BCUT2D eigenvalue weighted by Crippen LogP contribution is -1.87. The fourth-order valence-corrected chi connectivity index (χ4v) is 6.46. The molecule has 174 valence electrons. The van der Waals surface area contributed by atoms with Crippen molar-refractivity contribution in [2.75, 3.05) is 0 Å². The lowest BCUT2D eigenvalue weighted by atomic mass is 9.94. The number of hydrogen-bond donors (Lipinski definition) is 0. The Hall–Kier alpha value is -5.08. The van der Waals surface area contributed by atoms with Crippen LogP contribution in [0.4, 0.5) is 0 Å². The lowest BCUT2D eigenvalue weighted by molar-refractivity contribution is 1.36. The summed E-state index contributed by atoms with van der Waals surface area (Å²) in [4.78, 5) is 9.73. The van der Waals surface area contributed by atoms with E-state index in [1.165, 1.54) is 65.3 Å². The SMILES string of the molecule is c1ccc2cc(-c3ccc4c5c3ccc3ccc6c(-c7cc8ccccc8cn7)ccc-4c6c35)ncc2c1. The van der Waals surface area contributed by atoms with Gasteiger partial charge < -0.3 is 0 Å². The quantitative estimate of drug-likeness (QED) is 0.230. The van der Waals surface area contributed by atoms with Crippen LogP contribution >= 0.6 is 0 Å². The first-order valence-corrected chi connectivity index (χ1v) is 13.0. The third-order valence-electron chi connectivity index (χ3n) is 8.24. The largest absolute Gasteiger partial charge is 0.256 e. The van der Waals surface area contributed by atoms with Gasteiger partial charge in [0, 0.05) is 34.3 Å². The highest BCUT2D eigenvalue weighted by Crippen LogP contribution is 2.51. The van der Waals surface area contributed by atoms with Gasteiger partial charge in [0.05, 0.1) is 11.4 Å². The number of fused-ring (bicyclic) bond motifs is 3. The van der Waals surface area contributed by atoms with Crippen molar-refractivity contribution in [3.63, 3.8) is 0 Å². The number of aromatic nitrogens is 2. The highest BCUT2D eigenvalue weighted by molar-refractivity contribution is 6.35. The van der Waals surface area contributed by atoms with Gasteiger partial charge in [0.1, 0.15) is 0 Å². The molecule has 0 radical (unpaired) electrons. The van der Waals surface area contributed by atoms with Gasteiger partial charge in [-0.1, -0.05) is 97.1 Å². The van der Waals surface area contributed by atoms with Crippen molar-refractivity contribution < 1.29 is 0 Å². The van der Waals surface area contributed by atoms with Crippen LogP contribution in [-0.2, 0) is 0 Å². The highest BCUT2D eigenvalue weighted by Gasteiger charge is 2.24. The summed E-state index contributed by atoms with van der Waals surface area (Å²) in [5, 5.41) is 12.5. The second-order valence-electron chi connectivity index (χ2n) is 10.2. The maximum absolute atomic E-state index is 4.87. The van der Waals surface area contributed by atoms with Gasteiger partial charge in [-0.25, -0.2) is 0 Å². The molecule has 0 unspecified atom stereocenters. The van der Waals surface area contributed by atoms with E-state index in [4.69, 9.17) is 9.97 Å². The van der Waals surface area contributed by atoms with E-state index in [0.717, 1.165) is 22.2 Å². The van der Waals surface area contributed by atoms with Gasteiger partial charge in [-0.2, -0.15) is 0 Å². The Morgan fingerprint density at radius 2 is 0.789 bits per heavy atom. The van der Waals surface area contributed by atoms with Crippen molar-refractivity contribution in [2.45, 2.75) is 0 Å². The Kier molecular flexibility index (Phi) is 3.82. The minimum absolute atomic E-state index is 1.01. The van der Waals surface area contributed by atoms with Crippen molar-refractivity contribution in [1.29, 1.82) is 0 Å². The zero-order valence-corrected chi connectivity index (χ0v) is 20.4. The van der Waals surface area contributed by atoms with Crippen LogP contribution in [0.15, 0.2) is 122 Å². The molecule has 38 heavy (non-hydrogen) atoms. The van der Waals surface area contributed by atoms with Crippen LogP contribution in [0.3, 0.4) is 0 Å². The standard InChI is InChI=1S/C36H20N2/c1-3-7-24-19-37-32(17-22(24)5-1)26-13-15-30-31-16-14-27(33-18-23-6-2-4-8-25(23)20-38-33)29-12-10-21-9-11-28(26)35(30)34(21)36(29)31/h1-20H. The first-order chi connectivity index (χ1) is 18.8. The molecule has 6 aromatic carbocycles. The predicted octanol–water partition coefficient (Wildman–Crippen LogP) is 9.56. The first-order valence-electron chi connectivity index (χ1n) is 13.0. The Morgan fingerprint density at radius 3 is 1.29 bits per heavy atom. The molecular weight excluding hydrogens is 460 g/mol. The number of hydrogen-bond acceptors (Lipinski definition) is 2. The molecule has 9 rings (SSSR count). The minimum atomic E-state index is 1.01. The molecule has 0 atom stereocenters. The van der Waals surface area contributed by atoms with E-state index in [1.54, 1.807) is 0 Å². The van der Waals surface area contributed by atoms with E-state index < -0.39 is 0 Å². The van der Waals surface area contributed by atoms with Crippen molar-refractivity contribution in [1.82, 2.24) is 9.97 Å². The van der Waals surface area contributed by atoms with Crippen LogP contribution in [0.2, 0.25) is 0 Å². The molecule has 0 bridgehead atoms. The summed E-state index contributed by atoms with van der Waals surface area (Å²) in [5.74, 6) is 0. The summed E-state index contributed by atoms with van der Waals surface area (Å²) in [5.41, 5.74) is 6.99. The number of benzene rings is 6. The van der Waals surface area contributed by atoms with Gasteiger partial charge in [-0.3, -0.25) is 9.97 Å². The normalized spacial score (nSPS) is 12.2. The van der Waals surface area contributed by atoms with E-state index in [9.17, 15) is 0 Å². The van der Waals surface area contributed by atoms with Gasteiger partial charge >= 0.3 is 0 Å². The summed E-state index contributed by atoms with van der Waals surface area (Å²) in [7, 11) is 0. The van der Waals surface area contributed by atoms with Crippen LogP contribution < -0.4 is 0 Å². The molecule has 0 saturated carbocycles. The highest BCUT2D eigenvalue weighted by atomic mass is 14.7. The topological polar surface area (TPSA) is 25.8 Å². The van der Waals surface area contributed by atoms with Crippen LogP contribution in [0.1, 0.15) is 0 Å². The molecule has 0 fully saturated rings. The summed E-state index contributed by atoms with van der Waals surface area (Å²) >= 11 is 0. The zero-order valence-electron chi connectivity index (χ0n) is 20.4. The smallest absolute Gasteiger partial charge is 0.0714 e. The molecule has 1 aliphatic rings. The fraction of sp³-hybridized carbons (Fsp3) is 0. The van der Waals surface area contributed by atoms with Gasteiger partial charge in [-0.15, -0.1) is 0 Å². The monoisotopic (exact) mass is 480 g/mol. The molecule has 2 heteroatoms. The molecule has 0 saturated heterocycles. The average Bonchev–Trinajstić information content (AvgIpc) is 3.33. The summed E-state index contributed by atoms with van der Waals surface area (Å²) < 4.78 is 0. The van der Waals surface area contributed by atoms with Gasteiger partial charge in [0.25, 0.3) is 0 Å². The molecule has 8 aromatic rings. The maximum Gasteiger partial charge on any atom is 0.0714 e. The second-order valence-corrected chi connectivity index (χ2v) is 10.2. The minimum Gasteiger partial charge on any atom is -0.256 e. The molecular formula is C36H20N2. The summed E-state index contributed by atoms with van der Waals surface area (Å²) in [6.07, 6.45) is 3.97. The Balaban J connectivity index is 1.33. The molecule has 0 amide bonds. The van der Waals surface area contributed by atoms with E-state index in [1.807, 2.05) is 12.4 Å². The Labute approximate surface area is 218 Å². The zero-order chi connectivity index (χ0) is 24.8. The third kappa shape index (κ3) is 2.61. The van der Waals surface area contributed by atoms with Crippen LogP contribution in [0.25, 0.3) is 87.5 Å². The van der Waals surface area contributed by atoms with Crippen molar-refractivity contribution in [3.05, 3.63) is 122 Å². The van der Waals surface area contributed by atoms with Crippen molar-refractivity contribution in [3.8, 4) is 33.6 Å². The number of pyridine rings is 2. The maximum atomic E-state index is 4.87. The Bertz CT molecular complexity index is 2140. The van der Waals surface area contributed by atoms with E-state index in [0.29, 0.717) is 0 Å². The van der Waals surface area contributed by atoms with E-state index in [2.05, 4.69) is 109 Å². The van der Waals surface area contributed by atoms with E-state index >= 15 is 0 Å². The first kappa shape index (κ1) is 20.0. The molecule has 0 spiro atoms. The molecule has 2 aromatic heterocycles. The molecule has 0 aliphatic heterocycles. The number of nitrogens with zero attached hydrogens (tertiary/aromatic N) is 2. The van der Waals surface area contributed by atoms with Crippen molar-refractivity contribution >= 4 is 53.9 Å². The average molecular weight is 481 g/mol. The van der Waals surface area contributed by atoms with Crippen LogP contribution in [0.5, 0.6) is 0 Å². The lowest BCUT2D eigenvalue weighted by Gasteiger charge is -2.10. The second kappa shape index (κ2) is 7.24. The molecule has 2 heterocycles. The fourth-order valence-electron chi connectivity index (χ4n) is 6.46. The number of rotatable bonds is 2. The summed E-state index contributed by atoms with van der Waals surface area (Å²) in [6, 6.07) is 39.4. The predicted molar refractivity (Wildman–Crippen MR) is 159 cm³/mol. The van der Waals surface area contributed by atoms with Crippen LogP contribution in [-0.4, -0.2) is 9.97 Å². The van der Waals surface area contributed by atoms with Gasteiger partial charge in [0.15, 0.2) is 0 Å².